The summed E-state index contributed by atoms with van der Waals surface area (Å²) in [4.78, 5) is 35.7. The molecule has 2 atom stereocenters. The number of unbranched alkanes of at least 4 members (excludes halogenated alkanes) is 3. The second kappa shape index (κ2) is 10.7. The zero-order valence-corrected chi connectivity index (χ0v) is 11.7. The molecule has 10 nitrogen and oxygen atoms in total. The Morgan fingerprint density at radius 1 is 1.24 bits per heavy atom. The molecule has 0 aliphatic heterocycles. The summed E-state index contributed by atoms with van der Waals surface area (Å²) in [6, 6.07) is -1.31. The molecule has 0 heterocycles. The molecule has 0 aromatic heterocycles. The highest BCUT2D eigenvalue weighted by atomic mass is 16.9. The fourth-order valence-corrected chi connectivity index (χ4v) is 1.31. The molecule has 3 N–H and O–H groups in total. The highest BCUT2D eigenvalue weighted by Gasteiger charge is 2.24. The van der Waals surface area contributed by atoms with Crippen LogP contribution in [0, 0.1) is 10.1 Å². The molecule has 21 heavy (non-hydrogen) atoms. The van der Waals surface area contributed by atoms with E-state index in [0.717, 1.165) is 0 Å². The third-order valence-electron chi connectivity index (χ3n) is 2.53. The van der Waals surface area contributed by atoms with Gasteiger partial charge in [-0.15, -0.1) is 10.1 Å². The molecule has 0 spiro atoms. The van der Waals surface area contributed by atoms with Gasteiger partial charge in [-0.25, -0.2) is 4.79 Å². The predicted molar refractivity (Wildman–Crippen MR) is 68.9 cm³/mol. The third-order valence-corrected chi connectivity index (χ3v) is 2.53. The van der Waals surface area contributed by atoms with Crippen molar-refractivity contribution in [1.29, 1.82) is 0 Å². The van der Waals surface area contributed by atoms with E-state index in [0.29, 0.717) is 25.7 Å². The maximum Gasteiger partial charge on any atom is 0.508 e. The van der Waals surface area contributed by atoms with Crippen molar-refractivity contribution in [3.05, 3.63) is 10.1 Å². The van der Waals surface area contributed by atoms with E-state index in [9.17, 15) is 19.7 Å². The van der Waals surface area contributed by atoms with E-state index in [4.69, 9.17) is 15.6 Å². The minimum Gasteiger partial charge on any atom is -0.480 e. The fraction of sp³-hybridized carbons (Fsp3) is 0.818. The van der Waals surface area contributed by atoms with Crippen LogP contribution < -0.4 is 5.73 Å². The lowest BCUT2D eigenvalue weighted by Gasteiger charge is -2.16. The summed E-state index contributed by atoms with van der Waals surface area (Å²) in [7, 11) is 0. The maximum atomic E-state index is 11.2. The van der Waals surface area contributed by atoms with Crippen molar-refractivity contribution >= 4 is 12.1 Å². The van der Waals surface area contributed by atoms with Gasteiger partial charge in [-0.1, -0.05) is 6.42 Å². The molecule has 0 saturated carbocycles. The molecular formula is C11H20N2O8. The van der Waals surface area contributed by atoms with Crippen molar-refractivity contribution in [2.24, 2.45) is 5.73 Å². The standard InChI is InChI=1S/C11H20N2O8/c1-8(9(12)10(14)15)21-11(16)19-6-4-2-3-5-7-20-13(17)18/h8-9H,2-7,12H2,1H3,(H,14,15). The quantitative estimate of drug-likeness (QED) is 0.243. The van der Waals surface area contributed by atoms with E-state index >= 15 is 0 Å². The van der Waals surface area contributed by atoms with Crippen LogP contribution in [0.3, 0.4) is 0 Å². The Morgan fingerprint density at radius 3 is 2.33 bits per heavy atom. The molecule has 0 fully saturated rings. The summed E-state index contributed by atoms with van der Waals surface area (Å²) >= 11 is 0. The van der Waals surface area contributed by atoms with Crippen LogP contribution in [0.5, 0.6) is 0 Å². The number of ether oxygens (including phenoxy) is 2. The second-order valence-corrected chi connectivity index (χ2v) is 4.26. The van der Waals surface area contributed by atoms with E-state index < -0.39 is 29.4 Å². The van der Waals surface area contributed by atoms with Crippen molar-refractivity contribution in [2.75, 3.05) is 13.2 Å². The molecule has 0 saturated heterocycles. The Labute approximate surface area is 121 Å². The highest BCUT2D eigenvalue weighted by molar-refractivity contribution is 5.74. The lowest BCUT2D eigenvalue weighted by atomic mass is 10.2. The number of nitrogens with two attached hydrogens (primary N) is 1. The van der Waals surface area contributed by atoms with Crippen LogP contribution >= 0.6 is 0 Å². The minimum atomic E-state index is -1.31. The van der Waals surface area contributed by atoms with Gasteiger partial charge in [0.25, 0.3) is 5.09 Å². The molecule has 0 aliphatic carbocycles. The highest BCUT2D eigenvalue weighted by Crippen LogP contribution is 2.03. The Morgan fingerprint density at radius 2 is 1.81 bits per heavy atom. The lowest BCUT2D eigenvalue weighted by molar-refractivity contribution is -0.757. The number of hydrogen-bond donors (Lipinski definition) is 2. The van der Waals surface area contributed by atoms with Gasteiger partial charge in [-0.3, -0.25) is 4.79 Å². The van der Waals surface area contributed by atoms with Crippen LogP contribution in [0.1, 0.15) is 32.6 Å². The van der Waals surface area contributed by atoms with Gasteiger partial charge in [0.2, 0.25) is 0 Å². The van der Waals surface area contributed by atoms with Gasteiger partial charge in [-0.2, -0.15) is 0 Å². The third kappa shape index (κ3) is 10.4. The average molecular weight is 308 g/mol. The number of carbonyl (C=O) groups is 2. The smallest absolute Gasteiger partial charge is 0.480 e. The van der Waals surface area contributed by atoms with E-state index in [1.54, 1.807) is 0 Å². The topological polar surface area (TPSA) is 151 Å². The second-order valence-electron chi connectivity index (χ2n) is 4.26. The van der Waals surface area contributed by atoms with Gasteiger partial charge in [0.15, 0.2) is 0 Å². The molecule has 0 radical (unpaired) electrons. The fourth-order valence-electron chi connectivity index (χ4n) is 1.31. The maximum absolute atomic E-state index is 11.2. The Hall–Kier alpha value is -2.10. The van der Waals surface area contributed by atoms with Gasteiger partial charge >= 0.3 is 12.1 Å². The Balaban J connectivity index is 3.54. The molecular weight excluding hydrogens is 288 g/mol. The minimum absolute atomic E-state index is 0.0422. The lowest BCUT2D eigenvalue weighted by Crippen LogP contribution is -2.42. The number of carboxylic acids is 1. The van der Waals surface area contributed by atoms with E-state index in [2.05, 4.69) is 9.57 Å². The normalized spacial score (nSPS) is 13.0. The first-order chi connectivity index (χ1) is 9.84. The molecule has 0 aromatic carbocycles. The summed E-state index contributed by atoms with van der Waals surface area (Å²) in [5.74, 6) is -1.27. The van der Waals surface area contributed by atoms with E-state index in [1.165, 1.54) is 6.92 Å². The van der Waals surface area contributed by atoms with E-state index in [1.807, 2.05) is 0 Å². The molecule has 0 rings (SSSR count). The molecule has 2 unspecified atom stereocenters. The number of nitrogens with zero attached hydrogens (tertiary/aromatic N) is 1. The predicted octanol–water partition coefficient (Wildman–Crippen LogP) is 0.709. The largest absolute Gasteiger partial charge is 0.508 e. The van der Waals surface area contributed by atoms with Crippen molar-refractivity contribution in [3.63, 3.8) is 0 Å². The monoisotopic (exact) mass is 308 g/mol. The van der Waals surface area contributed by atoms with Crippen molar-refractivity contribution < 1.29 is 34.1 Å². The van der Waals surface area contributed by atoms with Crippen LogP contribution in [0.25, 0.3) is 0 Å². The van der Waals surface area contributed by atoms with Crippen LogP contribution in [0.15, 0.2) is 0 Å². The SMILES string of the molecule is CC(OC(=O)OCCCCCCO[N+](=O)[O-])C(N)C(=O)O. The summed E-state index contributed by atoms with van der Waals surface area (Å²) in [5.41, 5.74) is 5.26. The van der Waals surface area contributed by atoms with Crippen LogP contribution in [0.2, 0.25) is 0 Å². The first kappa shape index (κ1) is 18.9. The molecule has 10 heteroatoms. The summed E-state index contributed by atoms with van der Waals surface area (Å²) in [6.07, 6.45) is 0.540. The summed E-state index contributed by atoms with van der Waals surface area (Å²) < 4.78 is 9.42. The molecule has 0 bridgehead atoms. The summed E-state index contributed by atoms with van der Waals surface area (Å²) in [6.45, 7) is 1.51. The number of rotatable bonds is 11. The zero-order chi connectivity index (χ0) is 16.3. The van der Waals surface area contributed by atoms with Crippen molar-refractivity contribution in [2.45, 2.75) is 44.8 Å². The van der Waals surface area contributed by atoms with Crippen LogP contribution in [0.4, 0.5) is 4.79 Å². The first-order valence-corrected chi connectivity index (χ1v) is 6.43. The van der Waals surface area contributed by atoms with Crippen LogP contribution in [-0.2, 0) is 19.1 Å². The summed E-state index contributed by atoms with van der Waals surface area (Å²) in [5, 5.41) is 17.6. The Kier molecular flexibility index (Phi) is 9.59. The van der Waals surface area contributed by atoms with Crippen molar-refractivity contribution in [3.8, 4) is 0 Å². The zero-order valence-electron chi connectivity index (χ0n) is 11.7. The van der Waals surface area contributed by atoms with Gasteiger partial charge in [0.05, 0.1) is 13.2 Å². The van der Waals surface area contributed by atoms with Gasteiger partial charge in [-0.05, 0) is 26.2 Å². The Bertz CT molecular complexity index is 349. The van der Waals surface area contributed by atoms with Crippen LogP contribution in [-0.4, -0.2) is 47.7 Å². The first-order valence-electron chi connectivity index (χ1n) is 6.43. The molecule has 0 amide bonds. The molecule has 122 valence electrons. The molecule has 0 aliphatic rings. The number of hydrogen-bond acceptors (Lipinski definition) is 8. The number of carbonyl (C=O) groups excluding carboxylic acids is 1. The van der Waals surface area contributed by atoms with Gasteiger partial charge in [0.1, 0.15) is 12.1 Å². The average Bonchev–Trinajstić information content (AvgIpc) is 2.40. The van der Waals surface area contributed by atoms with Gasteiger partial charge in [0, 0.05) is 0 Å². The molecule has 0 aromatic rings. The number of aliphatic carboxylic acids is 1. The van der Waals surface area contributed by atoms with E-state index in [-0.39, 0.29) is 13.2 Å². The number of carboxylic acid groups (broad SMARTS) is 1. The van der Waals surface area contributed by atoms with Gasteiger partial charge < -0.3 is 25.2 Å². The van der Waals surface area contributed by atoms with Crippen molar-refractivity contribution in [1.82, 2.24) is 0 Å².